The number of nitrogens with one attached hydrogen (secondary N) is 1. The number of hydrogen-bond acceptors (Lipinski definition) is 5. The molecule has 0 aliphatic heterocycles. The van der Waals surface area contributed by atoms with E-state index in [1.54, 1.807) is 11.3 Å². The molecule has 0 fully saturated rings. The van der Waals surface area contributed by atoms with Crippen LogP contribution >= 0.6 is 11.3 Å². The lowest BCUT2D eigenvalue weighted by molar-refractivity contribution is 0.0973. The molecule has 0 spiro atoms. The van der Waals surface area contributed by atoms with Crippen molar-refractivity contribution in [2.24, 2.45) is 0 Å². The molecule has 2 aromatic carbocycles. The average Bonchev–Trinajstić information content (AvgIpc) is 3.30. The summed E-state index contributed by atoms with van der Waals surface area (Å²) in [7, 11) is 0. The lowest BCUT2D eigenvalue weighted by Crippen LogP contribution is -2.13. The van der Waals surface area contributed by atoms with Crippen LogP contribution in [0.5, 0.6) is 0 Å². The van der Waals surface area contributed by atoms with Gasteiger partial charge in [-0.3, -0.25) is 4.79 Å². The highest BCUT2D eigenvalue weighted by atomic mass is 32.1. The fourth-order valence-corrected chi connectivity index (χ4v) is 4.74. The topological polar surface area (TPSA) is 59.8 Å². The summed E-state index contributed by atoms with van der Waals surface area (Å²) in [5, 5.41) is 9.05. The minimum atomic E-state index is 0.157. The predicted octanol–water partition coefficient (Wildman–Crippen LogP) is 5.31. The van der Waals surface area contributed by atoms with Crippen molar-refractivity contribution < 1.29 is 4.79 Å². The van der Waals surface area contributed by atoms with Crippen molar-refractivity contribution in [3.8, 4) is 5.13 Å². The molecule has 0 saturated heterocycles. The first kappa shape index (κ1) is 17.1. The van der Waals surface area contributed by atoms with E-state index in [9.17, 15) is 4.79 Å². The van der Waals surface area contributed by atoms with Crippen LogP contribution in [-0.4, -0.2) is 20.5 Å². The van der Waals surface area contributed by atoms with Gasteiger partial charge in [-0.25, -0.2) is 9.67 Å². The van der Waals surface area contributed by atoms with E-state index in [0.717, 1.165) is 51.6 Å². The van der Waals surface area contributed by atoms with E-state index in [1.165, 1.54) is 5.56 Å². The number of carbonyl (C=O) groups excluding carboxylic acids is 1. The Morgan fingerprint density at radius 3 is 2.79 bits per heavy atom. The first-order chi connectivity index (χ1) is 13.7. The number of anilines is 2. The van der Waals surface area contributed by atoms with Crippen LogP contribution in [-0.2, 0) is 12.8 Å². The zero-order valence-electron chi connectivity index (χ0n) is 15.6. The molecule has 28 heavy (non-hydrogen) atoms. The Bertz CT molecular complexity index is 1160. The van der Waals surface area contributed by atoms with Crippen molar-refractivity contribution in [1.29, 1.82) is 0 Å². The summed E-state index contributed by atoms with van der Waals surface area (Å²) in [6, 6.07) is 16.2. The average molecular weight is 388 g/mol. The highest BCUT2D eigenvalue weighted by Gasteiger charge is 2.29. The zero-order chi connectivity index (χ0) is 19.1. The van der Waals surface area contributed by atoms with Crippen LogP contribution in [0.2, 0.25) is 0 Å². The van der Waals surface area contributed by atoms with Gasteiger partial charge in [0, 0.05) is 12.1 Å². The smallest absolute Gasteiger partial charge is 0.211 e. The molecule has 6 heteroatoms. The molecule has 1 N–H and O–H groups in total. The minimum Gasteiger partial charge on any atom is -0.338 e. The second-order valence-electron chi connectivity index (χ2n) is 6.96. The summed E-state index contributed by atoms with van der Waals surface area (Å²) in [6.45, 7) is 2.13. The van der Waals surface area contributed by atoms with E-state index in [0.29, 0.717) is 12.2 Å². The maximum atomic E-state index is 12.8. The normalized spacial score (nSPS) is 13.7. The Kier molecular flexibility index (Phi) is 4.20. The van der Waals surface area contributed by atoms with Crippen LogP contribution in [0, 0.1) is 0 Å². The quantitative estimate of drug-likeness (QED) is 0.515. The third kappa shape index (κ3) is 2.81. The largest absolute Gasteiger partial charge is 0.338 e. The monoisotopic (exact) mass is 388 g/mol. The standard InChI is InChI=1S/C22H20N4OS/c1-2-14-8-3-4-9-15(14)23-21-20-17(11-7-12-18(20)27)26(25-21)22-24-16-10-5-6-13-19(16)28-22/h3-6,8-10,13H,2,7,11-12H2,1H3,(H,23,25). The maximum Gasteiger partial charge on any atom is 0.211 e. The van der Waals surface area contributed by atoms with Crippen molar-refractivity contribution in [3.05, 3.63) is 65.4 Å². The van der Waals surface area contributed by atoms with Crippen LogP contribution in [0.25, 0.3) is 15.3 Å². The molecule has 2 aromatic heterocycles. The molecule has 0 atom stereocenters. The number of benzene rings is 2. The van der Waals surface area contributed by atoms with Gasteiger partial charge >= 0.3 is 0 Å². The molecule has 0 radical (unpaired) electrons. The predicted molar refractivity (Wildman–Crippen MR) is 113 cm³/mol. The second kappa shape index (κ2) is 6.87. The van der Waals surface area contributed by atoms with Crippen molar-refractivity contribution >= 4 is 38.8 Å². The van der Waals surface area contributed by atoms with Gasteiger partial charge < -0.3 is 5.32 Å². The molecule has 0 unspecified atom stereocenters. The number of thiazole rings is 1. The summed E-state index contributed by atoms with van der Waals surface area (Å²) in [5.74, 6) is 0.796. The first-order valence-corrected chi connectivity index (χ1v) is 10.4. The van der Waals surface area contributed by atoms with Gasteiger partial charge in [0.25, 0.3) is 0 Å². The Morgan fingerprint density at radius 1 is 1.11 bits per heavy atom. The molecule has 0 bridgehead atoms. The highest BCUT2D eigenvalue weighted by Crippen LogP contribution is 2.34. The molecule has 5 nitrogen and oxygen atoms in total. The van der Waals surface area contributed by atoms with Gasteiger partial charge in [0.2, 0.25) is 5.13 Å². The summed E-state index contributed by atoms with van der Waals surface area (Å²) in [5.41, 5.74) is 4.84. The van der Waals surface area contributed by atoms with Crippen LogP contribution in [0.15, 0.2) is 48.5 Å². The molecule has 4 aromatic rings. The zero-order valence-corrected chi connectivity index (χ0v) is 16.4. The molecule has 5 rings (SSSR count). The molecule has 140 valence electrons. The molecule has 1 aliphatic rings. The number of fused-ring (bicyclic) bond motifs is 2. The van der Waals surface area contributed by atoms with Gasteiger partial charge in [-0.15, -0.1) is 5.10 Å². The van der Waals surface area contributed by atoms with E-state index in [4.69, 9.17) is 10.1 Å². The Labute approximate surface area is 167 Å². The number of hydrogen-bond donors (Lipinski definition) is 1. The van der Waals surface area contributed by atoms with Gasteiger partial charge in [-0.2, -0.15) is 0 Å². The fraction of sp³-hybridized carbons (Fsp3) is 0.227. The summed E-state index contributed by atoms with van der Waals surface area (Å²) in [4.78, 5) is 17.5. The maximum absolute atomic E-state index is 12.8. The molecule has 0 saturated carbocycles. The molecular formula is C22H20N4OS. The van der Waals surface area contributed by atoms with E-state index in [1.807, 2.05) is 41.1 Å². The third-order valence-electron chi connectivity index (χ3n) is 5.19. The van der Waals surface area contributed by atoms with Crippen LogP contribution < -0.4 is 5.32 Å². The molecule has 2 heterocycles. The second-order valence-corrected chi connectivity index (χ2v) is 7.97. The number of carbonyl (C=O) groups is 1. The number of rotatable bonds is 4. The summed E-state index contributed by atoms with van der Waals surface area (Å²) < 4.78 is 2.99. The van der Waals surface area contributed by atoms with Crippen LogP contribution in [0.1, 0.15) is 41.4 Å². The number of aryl methyl sites for hydroxylation is 1. The van der Waals surface area contributed by atoms with Gasteiger partial charge in [0.1, 0.15) is 0 Å². The van der Waals surface area contributed by atoms with Crippen molar-refractivity contribution in [2.45, 2.75) is 32.6 Å². The highest BCUT2D eigenvalue weighted by molar-refractivity contribution is 7.20. The van der Waals surface area contributed by atoms with E-state index < -0.39 is 0 Å². The lowest BCUT2D eigenvalue weighted by atomic mass is 9.96. The number of nitrogens with zero attached hydrogens (tertiary/aromatic N) is 3. The van der Waals surface area contributed by atoms with Crippen LogP contribution in [0.3, 0.4) is 0 Å². The number of ketones is 1. The first-order valence-electron chi connectivity index (χ1n) is 9.60. The van der Waals surface area contributed by atoms with Gasteiger partial charge in [-0.05, 0) is 43.0 Å². The van der Waals surface area contributed by atoms with Gasteiger partial charge in [-0.1, -0.05) is 48.6 Å². The molecular weight excluding hydrogens is 368 g/mol. The number of aromatic nitrogens is 3. The lowest BCUT2D eigenvalue weighted by Gasteiger charge is -2.13. The summed E-state index contributed by atoms with van der Waals surface area (Å²) >= 11 is 1.60. The number of Topliss-reactive ketones (excluding diaryl/α,β-unsaturated/α-hetero) is 1. The summed E-state index contributed by atoms with van der Waals surface area (Å²) in [6.07, 6.45) is 3.18. The van der Waals surface area contributed by atoms with Crippen LogP contribution in [0.4, 0.5) is 11.5 Å². The van der Waals surface area contributed by atoms with E-state index >= 15 is 0 Å². The van der Waals surface area contributed by atoms with E-state index in [-0.39, 0.29) is 5.78 Å². The Morgan fingerprint density at radius 2 is 1.93 bits per heavy atom. The minimum absolute atomic E-state index is 0.157. The van der Waals surface area contributed by atoms with Crippen molar-refractivity contribution in [3.63, 3.8) is 0 Å². The third-order valence-corrected chi connectivity index (χ3v) is 6.20. The number of para-hydroxylation sites is 2. The molecule has 1 aliphatic carbocycles. The van der Waals surface area contributed by atoms with Crippen molar-refractivity contribution in [1.82, 2.24) is 14.8 Å². The van der Waals surface area contributed by atoms with Crippen molar-refractivity contribution in [2.75, 3.05) is 5.32 Å². The van der Waals surface area contributed by atoms with Gasteiger partial charge in [0.15, 0.2) is 11.6 Å². The van der Waals surface area contributed by atoms with E-state index in [2.05, 4.69) is 24.4 Å². The Balaban J connectivity index is 1.65. The van der Waals surface area contributed by atoms with Gasteiger partial charge in [0.05, 0.1) is 21.5 Å². The SMILES string of the molecule is CCc1ccccc1Nc1nn(-c2nc3ccccc3s2)c2c1C(=O)CCC2. The molecule has 0 amide bonds. The Hall–Kier alpha value is -2.99. The fourth-order valence-electron chi connectivity index (χ4n) is 3.79.